The smallest absolute Gasteiger partial charge is 0.307 e. The van der Waals surface area contributed by atoms with Crippen LogP contribution < -0.4 is 0 Å². The summed E-state index contributed by atoms with van der Waals surface area (Å²) in [5, 5.41) is 19.1. The van der Waals surface area contributed by atoms with E-state index in [2.05, 4.69) is 20.8 Å². The van der Waals surface area contributed by atoms with Gasteiger partial charge >= 0.3 is 11.9 Å². The molecule has 25 heavy (non-hydrogen) atoms. The average Bonchev–Trinajstić information content (AvgIpc) is 2.54. The Morgan fingerprint density at radius 1 is 0.840 bits per heavy atom. The molecule has 0 fully saturated rings. The first-order valence-corrected chi connectivity index (χ1v) is 10.3. The molecule has 148 valence electrons. The predicted octanol–water partition coefficient (Wildman–Crippen LogP) is 6.14. The van der Waals surface area contributed by atoms with Gasteiger partial charge in [0.15, 0.2) is 0 Å². The molecule has 2 atom stereocenters. The van der Waals surface area contributed by atoms with Crippen molar-refractivity contribution in [2.75, 3.05) is 0 Å². The van der Waals surface area contributed by atoms with Crippen molar-refractivity contribution in [3.05, 3.63) is 0 Å². The van der Waals surface area contributed by atoms with Gasteiger partial charge < -0.3 is 10.2 Å². The van der Waals surface area contributed by atoms with Gasteiger partial charge in [0, 0.05) is 6.42 Å². The Hall–Kier alpha value is -1.06. The van der Waals surface area contributed by atoms with E-state index in [0.717, 1.165) is 51.4 Å². The van der Waals surface area contributed by atoms with Crippen LogP contribution in [0.5, 0.6) is 0 Å². The fourth-order valence-corrected chi connectivity index (χ4v) is 4.14. The van der Waals surface area contributed by atoms with Crippen LogP contribution in [0.2, 0.25) is 0 Å². The molecule has 0 spiro atoms. The molecule has 0 aliphatic heterocycles. The second-order valence-electron chi connectivity index (χ2n) is 7.86. The van der Waals surface area contributed by atoms with E-state index >= 15 is 0 Å². The third-order valence-electron chi connectivity index (χ3n) is 5.65. The van der Waals surface area contributed by atoms with Crippen LogP contribution in [0.3, 0.4) is 0 Å². The van der Waals surface area contributed by atoms with Crippen molar-refractivity contribution >= 4 is 11.9 Å². The molecule has 0 aliphatic carbocycles. The largest absolute Gasteiger partial charge is 0.481 e. The van der Waals surface area contributed by atoms with Crippen molar-refractivity contribution < 1.29 is 19.8 Å². The Bertz CT molecular complexity index is 366. The fraction of sp³-hybridized carbons (Fsp3) is 0.905. The first-order chi connectivity index (χ1) is 11.8. The predicted molar refractivity (Wildman–Crippen MR) is 103 cm³/mol. The highest BCUT2D eigenvalue weighted by molar-refractivity contribution is 5.73. The van der Waals surface area contributed by atoms with E-state index in [-0.39, 0.29) is 17.8 Å². The summed E-state index contributed by atoms with van der Waals surface area (Å²) in [7, 11) is 0. The van der Waals surface area contributed by atoms with Crippen molar-refractivity contribution in [1.29, 1.82) is 0 Å². The van der Waals surface area contributed by atoms with Crippen LogP contribution in [0, 0.1) is 17.3 Å². The molecule has 0 saturated heterocycles. The van der Waals surface area contributed by atoms with Crippen LogP contribution in [0.1, 0.15) is 105 Å². The summed E-state index contributed by atoms with van der Waals surface area (Å²) >= 11 is 0. The van der Waals surface area contributed by atoms with E-state index in [1.807, 2.05) is 6.92 Å². The minimum absolute atomic E-state index is 0.0486. The monoisotopic (exact) mass is 356 g/mol. The summed E-state index contributed by atoms with van der Waals surface area (Å²) in [6.07, 6.45) is 11.3. The Morgan fingerprint density at radius 3 is 1.64 bits per heavy atom. The van der Waals surface area contributed by atoms with Crippen LogP contribution in [0.25, 0.3) is 0 Å². The molecule has 0 rings (SSSR count). The quantitative estimate of drug-likeness (QED) is 0.326. The molecule has 0 amide bonds. The SMILES string of the molecule is CCCCCCC(C)(CCCCCC)C(C(=O)O)C(CC)CC(=O)O. The first kappa shape index (κ1) is 23.9. The van der Waals surface area contributed by atoms with Gasteiger partial charge in [-0.1, -0.05) is 85.5 Å². The lowest BCUT2D eigenvalue weighted by Gasteiger charge is -2.39. The third kappa shape index (κ3) is 9.27. The number of hydrogen-bond donors (Lipinski definition) is 2. The van der Waals surface area contributed by atoms with E-state index in [9.17, 15) is 19.8 Å². The fourth-order valence-electron chi connectivity index (χ4n) is 4.14. The van der Waals surface area contributed by atoms with E-state index in [0.29, 0.717) is 6.42 Å². The average molecular weight is 357 g/mol. The second-order valence-corrected chi connectivity index (χ2v) is 7.86. The van der Waals surface area contributed by atoms with Crippen LogP contribution in [-0.4, -0.2) is 22.2 Å². The first-order valence-electron chi connectivity index (χ1n) is 10.3. The van der Waals surface area contributed by atoms with Gasteiger partial charge in [0.2, 0.25) is 0 Å². The summed E-state index contributed by atoms with van der Waals surface area (Å²) in [5.74, 6) is -2.58. The number of hydrogen-bond acceptors (Lipinski definition) is 2. The maximum atomic E-state index is 12.1. The molecule has 0 radical (unpaired) electrons. The Morgan fingerprint density at radius 2 is 1.32 bits per heavy atom. The van der Waals surface area contributed by atoms with Crippen molar-refractivity contribution in [2.45, 2.75) is 105 Å². The molecule has 0 aromatic carbocycles. The standard InChI is InChI=1S/C21H40O4/c1-5-8-10-12-14-21(4,15-13-11-9-6-2)19(20(24)25)17(7-3)16-18(22)23/h17,19H,5-16H2,1-4H3,(H,22,23)(H,24,25). The van der Waals surface area contributed by atoms with E-state index in [1.165, 1.54) is 12.8 Å². The lowest BCUT2D eigenvalue weighted by atomic mass is 9.64. The molecule has 2 unspecified atom stereocenters. The topological polar surface area (TPSA) is 74.6 Å². The Labute approximate surface area is 154 Å². The molecule has 0 aromatic heterocycles. The maximum absolute atomic E-state index is 12.1. The van der Waals surface area contributed by atoms with Gasteiger partial charge in [0.1, 0.15) is 0 Å². The third-order valence-corrected chi connectivity index (χ3v) is 5.65. The van der Waals surface area contributed by atoms with Gasteiger partial charge in [-0.2, -0.15) is 0 Å². The molecule has 4 nitrogen and oxygen atoms in total. The van der Waals surface area contributed by atoms with Gasteiger partial charge in [-0.05, 0) is 24.2 Å². The molecule has 2 N–H and O–H groups in total. The zero-order valence-electron chi connectivity index (χ0n) is 16.9. The molecule has 0 aromatic rings. The summed E-state index contributed by atoms with van der Waals surface area (Å²) in [6.45, 7) is 8.35. The Kier molecular flexibility index (Phi) is 12.6. The maximum Gasteiger partial charge on any atom is 0.307 e. The number of aliphatic carboxylic acids is 2. The van der Waals surface area contributed by atoms with E-state index in [1.54, 1.807) is 0 Å². The molecule has 0 heterocycles. The summed E-state index contributed by atoms with van der Waals surface area (Å²) in [4.78, 5) is 23.3. The van der Waals surface area contributed by atoms with Crippen LogP contribution in [-0.2, 0) is 9.59 Å². The van der Waals surface area contributed by atoms with Crippen molar-refractivity contribution in [3.8, 4) is 0 Å². The van der Waals surface area contributed by atoms with Crippen LogP contribution in [0.4, 0.5) is 0 Å². The zero-order valence-corrected chi connectivity index (χ0v) is 16.9. The Balaban J connectivity index is 5.27. The van der Waals surface area contributed by atoms with Crippen LogP contribution >= 0.6 is 0 Å². The van der Waals surface area contributed by atoms with Gasteiger partial charge in [0.05, 0.1) is 5.92 Å². The summed E-state index contributed by atoms with van der Waals surface area (Å²) in [6, 6.07) is 0. The van der Waals surface area contributed by atoms with Crippen molar-refractivity contribution in [2.24, 2.45) is 17.3 Å². The van der Waals surface area contributed by atoms with Gasteiger partial charge in [0.25, 0.3) is 0 Å². The minimum Gasteiger partial charge on any atom is -0.481 e. The van der Waals surface area contributed by atoms with Crippen LogP contribution in [0.15, 0.2) is 0 Å². The highest BCUT2D eigenvalue weighted by Gasteiger charge is 2.43. The number of unbranched alkanes of at least 4 members (excludes halogenated alkanes) is 6. The molecule has 4 heteroatoms. The summed E-state index contributed by atoms with van der Waals surface area (Å²) in [5.41, 5.74) is -0.316. The number of carbonyl (C=O) groups is 2. The normalized spacial score (nSPS) is 14.2. The van der Waals surface area contributed by atoms with Gasteiger partial charge in [-0.3, -0.25) is 9.59 Å². The highest BCUT2D eigenvalue weighted by Crippen LogP contribution is 2.44. The number of carboxylic acid groups (broad SMARTS) is 2. The number of carboxylic acids is 2. The van der Waals surface area contributed by atoms with Gasteiger partial charge in [-0.15, -0.1) is 0 Å². The highest BCUT2D eigenvalue weighted by atomic mass is 16.4. The van der Waals surface area contributed by atoms with Gasteiger partial charge in [-0.25, -0.2) is 0 Å². The lowest BCUT2D eigenvalue weighted by molar-refractivity contribution is -0.152. The molecule has 0 bridgehead atoms. The minimum atomic E-state index is -0.891. The molecular formula is C21H40O4. The summed E-state index contributed by atoms with van der Waals surface area (Å²) < 4.78 is 0. The van der Waals surface area contributed by atoms with Crippen molar-refractivity contribution in [3.63, 3.8) is 0 Å². The number of rotatable bonds is 16. The van der Waals surface area contributed by atoms with E-state index < -0.39 is 17.9 Å². The second kappa shape index (κ2) is 13.2. The molecule has 0 saturated carbocycles. The molecule has 0 aliphatic rings. The van der Waals surface area contributed by atoms with Crippen molar-refractivity contribution in [1.82, 2.24) is 0 Å². The molecular weight excluding hydrogens is 316 g/mol. The van der Waals surface area contributed by atoms with E-state index in [4.69, 9.17) is 0 Å². The lowest BCUT2D eigenvalue weighted by Crippen LogP contribution is -2.40. The zero-order chi connectivity index (χ0) is 19.3.